The maximum atomic E-state index is 11.8. The number of hydrogen-bond acceptors (Lipinski definition) is 3. The highest BCUT2D eigenvalue weighted by atomic mass is 32.1. The normalized spacial score (nSPS) is 11.4. The Kier molecular flexibility index (Phi) is 5.95. The van der Waals surface area contributed by atoms with Crippen LogP contribution in [0.4, 0.5) is 0 Å². The monoisotopic (exact) mass is 280 g/mol. The summed E-state index contributed by atoms with van der Waals surface area (Å²) in [6.07, 6.45) is 1.15. The Hall–Kier alpha value is -1.95. The molecule has 0 spiro atoms. The van der Waals surface area contributed by atoms with E-state index in [1.165, 1.54) is 0 Å². The predicted octanol–water partition coefficient (Wildman–Crippen LogP) is 1.54. The van der Waals surface area contributed by atoms with Crippen LogP contribution in [-0.4, -0.2) is 28.1 Å². The molecule has 0 heterocycles. The zero-order valence-corrected chi connectivity index (χ0v) is 11.4. The van der Waals surface area contributed by atoms with Crippen LogP contribution in [0.15, 0.2) is 30.3 Å². The van der Waals surface area contributed by atoms with Crippen LogP contribution in [0, 0.1) is 0 Å². The number of carbonyl (C=O) groups excluding carboxylic acids is 1. The molecule has 1 amide bonds. The van der Waals surface area contributed by atoms with Crippen LogP contribution in [0.2, 0.25) is 0 Å². The van der Waals surface area contributed by atoms with Crippen LogP contribution in [0.3, 0.4) is 0 Å². The molecule has 102 valence electrons. The summed E-state index contributed by atoms with van der Waals surface area (Å²) in [5.74, 6) is -1.35. The van der Waals surface area contributed by atoms with E-state index in [2.05, 4.69) is 10.6 Å². The third kappa shape index (κ3) is 5.05. The van der Waals surface area contributed by atoms with Crippen molar-refractivity contribution in [3.8, 4) is 0 Å². The maximum Gasteiger partial charge on any atom is 0.326 e. The quantitative estimate of drug-likeness (QED) is 0.713. The predicted molar refractivity (Wildman–Crippen MR) is 76.0 cm³/mol. The summed E-state index contributed by atoms with van der Waals surface area (Å²) in [6.45, 7) is 1.88. The topological polar surface area (TPSA) is 78.4 Å². The van der Waals surface area contributed by atoms with Gasteiger partial charge in [-0.3, -0.25) is 10.1 Å². The van der Waals surface area contributed by atoms with E-state index in [9.17, 15) is 9.59 Å². The average molecular weight is 280 g/mol. The highest BCUT2D eigenvalue weighted by Gasteiger charge is 2.18. The molecule has 0 saturated heterocycles. The van der Waals surface area contributed by atoms with Crippen molar-refractivity contribution in [2.24, 2.45) is 0 Å². The minimum absolute atomic E-state index is 0.0229. The Morgan fingerprint density at radius 3 is 2.47 bits per heavy atom. The molecule has 3 N–H and O–H groups in total. The lowest BCUT2D eigenvalue weighted by atomic mass is 10.2. The first-order chi connectivity index (χ1) is 9.04. The molecule has 0 saturated carbocycles. The fourth-order valence-electron chi connectivity index (χ4n) is 1.51. The van der Waals surface area contributed by atoms with Crippen molar-refractivity contribution in [2.75, 3.05) is 0 Å². The van der Waals surface area contributed by atoms with Gasteiger partial charge in [0.15, 0.2) is 5.11 Å². The summed E-state index contributed by atoms with van der Waals surface area (Å²) in [6, 6.07) is 7.80. The molecule has 0 aromatic heterocycles. The van der Waals surface area contributed by atoms with Gasteiger partial charge in [-0.2, -0.15) is 0 Å². The molecule has 0 fully saturated rings. The van der Waals surface area contributed by atoms with Crippen LogP contribution in [0.5, 0.6) is 0 Å². The molecular weight excluding hydrogens is 264 g/mol. The number of carboxylic acids is 1. The van der Waals surface area contributed by atoms with Crippen LogP contribution >= 0.6 is 12.2 Å². The van der Waals surface area contributed by atoms with Crippen molar-refractivity contribution < 1.29 is 14.7 Å². The van der Waals surface area contributed by atoms with Gasteiger partial charge in [-0.05, 0) is 30.8 Å². The van der Waals surface area contributed by atoms with Crippen molar-refractivity contribution in [3.05, 3.63) is 35.9 Å². The molecule has 19 heavy (non-hydrogen) atoms. The Balaban J connectivity index is 2.55. The smallest absolute Gasteiger partial charge is 0.326 e. The van der Waals surface area contributed by atoms with Gasteiger partial charge in [-0.25, -0.2) is 4.79 Å². The molecule has 0 radical (unpaired) electrons. The van der Waals surface area contributed by atoms with Gasteiger partial charge >= 0.3 is 5.97 Å². The molecular formula is C13H16N2O3S. The van der Waals surface area contributed by atoms with E-state index in [-0.39, 0.29) is 11.0 Å². The number of carboxylic acid groups (broad SMARTS) is 1. The number of benzene rings is 1. The number of aliphatic carboxylic acids is 1. The van der Waals surface area contributed by atoms with Gasteiger partial charge in [-0.1, -0.05) is 31.5 Å². The highest BCUT2D eigenvalue weighted by Crippen LogP contribution is 1.99. The van der Waals surface area contributed by atoms with E-state index in [0.717, 1.165) is 0 Å². The zero-order chi connectivity index (χ0) is 14.3. The first-order valence-corrected chi connectivity index (χ1v) is 6.35. The molecule has 1 aromatic rings. The summed E-state index contributed by atoms with van der Waals surface area (Å²) in [5.41, 5.74) is 0.467. The van der Waals surface area contributed by atoms with Gasteiger partial charge in [0.05, 0.1) is 0 Å². The van der Waals surface area contributed by atoms with E-state index in [1.807, 2.05) is 6.92 Å². The standard InChI is InChI=1S/C13H16N2O3S/c1-2-6-10(12(17)18)14-13(19)15-11(16)9-7-4-3-5-8-9/h3-5,7-8,10H,2,6H2,1H3,(H,17,18)(H2,14,15,16,19). The second-order valence-electron chi connectivity index (χ2n) is 3.97. The van der Waals surface area contributed by atoms with Crippen molar-refractivity contribution >= 4 is 29.2 Å². The Bertz CT molecular complexity index is 462. The van der Waals surface area contributed by atoms with Crippen molar-refractivity contribution in [3.63, 3.8) is 0 Å². The molecule has 1 aromatic carbocycles. The third-order valence-electron chi connectivity index (χ3n) is 2.44. The molecule has 1 unspecified atom stereocenters. The number of rotatable bonds is 5. The van der Waals surface area contributed by atoms with Gasteiger partial charge in [0.2, 0.25) is 0 Å². The summed E-state index contributed by atoms with van der Waals surface area (Å²) < 4.78 is 0. The largest absolute Gasteiger partial charge is 0.480 e. The van der Waals surface area contributed by atoms with Gasteiger partial charge in [0, 0.05) is 5.56 Å². The second-order valence-corrected chi connectivity index (χ2v) is 4.38. The van der Waals surface area contributed by atoms with Crippen molar-refractivity contribution in [1.29, 1.82) is 0 Å². The van der Waals surface area contributed by atoms with Gasteiger partial charge in [-0.15, -0.1) is 0 Å². The SMILES string of the molecule is CCCC(NC(=S)NC(=O)c1ccccc1)C(=O)O. The lowest BCUT2D eigenvalue weighted by Crippen LogP contribution is -2.47. The van der Waals surface area contributed by atoms with Gasteiger partial charge in [0.25, 0.3) is 5.91 Å². The Morgan fingerprint density at radius 1 is 1.32 bits per heavy atom. The summed E-state index contributed by atoms with van der Waals surface area (Å²) in [7, 11) is 0. The van der Waals surface area contributed by atoms with E-state index < -0.39 is 12.0 Å². The van der Waals surface area contributed by atoms with Crippen LogP contribution < -0.4 is 10.6 Å². The summed E-state index contributed by atoms with van der Waals surface area (Å²) >= 11 is 4.93. The molecule has 6 heteroatoms. The molecule has 0 bridgehead atoms. The minimum atomic E-state index is -0.988. The number of nitrogens with one attached hydrogen (secondary N) is 2. The van der Waals surface area contributed by atoms with Crippen LogP contribution in [0.25, 0.3) is 0 Å². The average Bonchev–Trinajstić information content (AvgIpc) is 2.39. The maximum absolute atomic E-state index is 11.8. The lowest BCUT2D eigenvalue weighted by molar-refractivity contribution is -0.139. The summed E-state index contributed by atoms with van der Waals surface area (Å²) in [4.78, 5) is 22.7. The highest BCUT2D eigenvalue weighted by molar-refractivity contribution is 7.80. The van der Waals surface area contributed by atoms with Crippen molar-refractivity contribution in [2.45, 2.75) is 25.8 Å². The van der Waals surface area contributed by atoms with Gasteiger partial charge in [0.1, 0.15) is 6.04 Å². The molecule has 5 nitrogen and oxygen atoms in total. The lowest BCUT2D eigenvalue weighted by Gasteiger charge is -2.15. The van der Waals surface area contributed by atoms with Crippen LogP contribution in [-0.2, 0) is 4.79 Å². The van der Waals surface area contributed by atoms with E-state index in [4.69, 9.17) is 17.3 Å². The van der Waals surface area contributed by atoms with Crippen molar-refractivity contribution in [1.82, 2.24) is 10.6 Å². The van der Waals surface area contributed by atoms with E-state index in [0.29, 0.717) is 18.4 Å². The molecule has 1 rings (SSSR count). The Morgan fingerprint density at radius 2 is 1.95 bits per heavy atom. The number of hydrogen-bond donors (Lipinski definition) is 3. The fourth-order valence-corrected chi connectivity index (χ4v) is 1.74. The number of thiocarbonyl (C=S) groups is 1. The minimum Gasteiger partial charge on any atom is -0.480 e. The first-order valence-electron chi connectivity index (χ1n) is 5.94. The second kappa shape index (κ2) is 7.48. The molecule has 1 atom stereocenters. The Labute approximate surface area is 117 Å². The van der Waals surface area contributed by atoms with E-state index in [1.54, 1.807) is 30.3 Å². The first kappa shape index (κ1) is 15.1. The molecule has 0 aliphatic carbocycles. The number of carbonyl (C=O) groups is 2. The molecule has 0 aliphatic heterocycles. The van der Waals surface area contributed by atoms with Gasteiger partial charge < -0.3 is 10.4 Å². The van der Waals surface area contributed by atoms with Crippen LogP contribution in [0.1, 0.15) is 30.1 Å². The molecule has 0 aliphatic rings. The van der Waals surface area contributed by atoms with E-state index >= 15 is 0 Å². The summed E-state index contributed by atoms with van der Waals surface area (Å²) in [5, 5.41) is 14.1. The number of amides is 1. The zero-order valence-electron chi connectivity index (χ0n) is 10.6. The fraction of sp³-hybridized carbons (Fsp3) is 0.308. The third-order valence-corrected chi connectivity index (χ3v) is 2.66.